The molecule has 6 heteroatoms. The zero-order chi connectivity index (χ0) is 13.2. The summed E-state index contributed by atoms with van der Waals surface area (Å²) in [5, 5.41) is 20.1. The molecule has 0 heterocycles. The van der Waals surface area contributed by atoms with Crippen LogP contribution in [0, 0.1) is 10.1 Å². The second-order valence-electron chi connectivity index (χ2n) is 4.04. The summed E-state index contributed by atoms with van der Waals surface area (Å²) in [6.07, 6.45) is 0. The number of ether oxygens (including phenoxy) is 1. The molecule has 0 amide bonds. The molecule has 6 nitrogen and oxygen atoms in total. The first-order valence-electron chi connectivity index (χ1n) is 4.87. The molecule has 1 aromatic carbocycles. The van der Waals surface area contributed by atoms with Gasteiger partial charge in [-0.05, 0) is 19.9 Å². The molecule has 0 aliphatic heterocycles. The Kier molecular flexibility index (Phi) is 3.36. The lowest BCUT2D eigenvalue weighted by molar-refractivity contribution is -0.386. The molecule has 0 radical (unpaired) electrons. The van der Waals surface area contributed by atoms with Crippen molar-refractivity contribution in [1.29, 1.82) is 0 Å². The van der Waals surface area contributed by atoms with Gasteiger partial charge in [0, 0.05) is 0 Å². The zero-order valence-electron chi connectivity index (χ0n) is 9.76. The van der Waals surface area contributed by atoms with Gasteiger partial charge < -0.3 is 9.84 Å². The van der Waals surface area contributed by atoms with Gasteiger partial charge in [0.2, 0.25) is 0 Å². The van der Waals surface area contributed by atoms with Crippen LogP contribution in [0.3, 0.4) is 0 Å². The fourth-order valence-electron chi connectivity index (χ4n) is 1.49. The second kappa shape index (κ2) is 4.40. The monoisotopic (exact) mass is 239 g/mol. The minimum atomic E-state index is -1.35. The molecule has 1 rings (SSSR count). The van der Waals surface area contributed by atoms with Crippen molar-refractivity contribution in [3.05, 3.63) is 33.9 Å². The molecule has 0 bridgehead atoms. The molecule has 0 aliphatic carbocycles. The van der Waals surface area contributed by atoms with E-state index >= 15 is 0 Å². The van der Waals surface area contributed by atoms with E-state index in [4.69, 9.17) is 9.84 Å². The number of carboxylic acids is 1. The molecule has 0 spiro atoms. The van der Waals surface area contributed by atoms with Crippen molar-refractivity contribution in [2.45, 2.75) is 19.3 Å². The molecular formula is C11H13NO5. The van der Waals surface area contributed by atoms with Crippen LogP contribution >= 0.6 is 0 Å². The zero-order valence-corrected chi connectivity index (χ0v) is 9.76. The molecule has 92 valence electrons. The fourth-order valence-corrected chi connectivity index (χ4v) is 1.49. The molecule has 0 aromatic heterocycles. The quantitative estimate of drug-likeness (QED) is 0.640. The maximum absolute atomic E-state index is 11.1. The summed E-state index contributed by atoms with van der Waals surface area (Å²) < 4.78 is 4.89. The molecule has 1 N–H and O–H groups in total. The lowest BCUT2D eigenvalue weighted by atomic mass is 9.83. The van der Waals surface area contributed by atoms with Crippen molar-refractivity contribution < 1.29 is 19.6 Å². The predicted octanol–water partition coefficient (Wildman–Crippen LogP) is 1.97. The summed E-state index contributed by atoms with van der Waals surface area (Å²) in [6.45, 7) is 2.83. The van der Waals surface area contributed by atoms with Crippen LogP contribution in [0.15, 0.2) is 18.2 Å². The van der Waals surface area contributed by atoms with E-state index in [1.54, 1.807) is 0 Å². The highest BCUT2D eigenvalue weighted by atomic mass is 16.6. The van der Waals surface area contributed by atoms with Gasteiger partial charge in [0.15, 0.2) is 5.75 Å². The van der Waals surface area contributed by atoms with Gasteiger partial charge in [-0.25, -0.2) is 0 Å². The summed E-state index contributed by atoms with van der Waals surface area (Å²) in [4.78, 5) is 21.5. The number of methoxy groups -OCH3 is 1. The molecular weight excluding hydrogens is 226 g/mol. The van der Waals surface area contributed by atoms with E-state index in [0.29, 0.717) is 0 Å². The topological polar surface area (TPSA) is 89.7 Å². The van der Waals surface area contributed by atoms with E-state index in [2.05, 4.69) is 0 Å². The Morgan fingerprint density at radius 1 is 1.47 bits per heavy atom. The molecule has 0 aliphatic rings. The number of carbonyl (C=O) groups is 1. The Labute approximate surface area is 98.0 Å². The summed E-state index contributed by atoms with van der Waals surface area (Å²) in [5.74, 6) is -1.07. The SMILES string of the molecule is COc1cccc(C(C)(C)C(=O)O)c1[N+](=O)[O-]. The summed E-state index contributed by atoms with van der Waals surface area (Å²) >= 11 is 0. The molecule has 0 fully saturated rings. The number of nitro benzene ring substituents is 1. The third-order valence-electron chi connectivity index (χ3n) is 2.61. The van der Waals surface area contributed by atoms with Crippen LogP contribution in [0.2, 0.25) is 0 Å². The Morgan fingerprint density at radius 3 is 2.47 bits per heavy atom. The maximum atomic E-state index is 11.1. The Balaban J connectivity index is 3.54. The number of benzene rings is 1. The first-order valence-corrected chi connectivity index (χ1v) is 4.87. The minimum Gasteiger partial charge on any atom is -0.490 e. The molecule has 0 saturated carbocycles. The Morgan fingerprint density at radius 2 is 2.06 bits per heavy atom. The van der Waals surface area contributed by atoms with Crippen LogP contribution in [0.4, 0.5) is 5.69 Å². The van der Waals surface area contributed by atoms with Crippen molar-refractivity contribution in [1.82, 2.24) is 0 Å². The summed E-state index contributed by atoms with van der Waals surface area (Å²) in [5.41, 5.74) is -1.53. The number of hydrogen-bond acceptors (Lipinski definition) is 4. The smallest absolute Gasteiger partial charge is 0.315 e. The number of hydrogen-bond donors (Lipinski definition) is 1. The molecule has 0 atom stereocenters. The van der Waals surface area contributed by atoms with Crippen molar-refractivity contribution in [2.75, 3.05) is 7.11 Å². The van der Waals surface area contributed by atoms with E-state index in [1.165, 1.54) is 39.2 Å². The van der Waals surface area contributed by atoms with Crippen LogP contribution in [-0.2, 0) is 10.2 Å². The van der Waals surface area contributed by atoms with Gasteiger partial charge in [0.25, 0.3) is 0 Å². The van der Waals surface area contributed by atoms with Crippen LogP contribution in [0.1, 0.15) is 19.4 Å². The first kappa shape index (κ1) is 13.0. The van der Waals surface area contributed by atoms with Crippen molar-refractivity contribution >= 4 is 11.7 Å². The lowest BCUT2D eigenvalue weighted by Crippen LogP contribution is -2.29. The molecule has 1 aromatic rings. The predicted molar refractivity (Wildman–Crippen MR) is 60.3 cm³/mol. The van der Waals surface area contributed by atoms with Gasteiger partial charge in [0.05, 0.1) is 23.0 Å². The van der Waals surface area contributed by atoms with E-state index in [0.717, 1.165) is 0 Å². The number of nitro groups is 1. The Bertz CT molecular complexity index is 467. The lowest BCUT2D eigenvalue weighted by Gasteiger charge is -2.20. The van der Waals surface area contributed by atoms with Crippen LogP contribution in [0.5, 0.6) is 5.75 Å². The van der Waals surface area contributed by atoms with Gasteiger partial charge in [-0.15, -0.1) is 0 Å². The van der Waals surface area contributed by atoms with Gasteiger partial charge in [-0.2, -0.15) is 0 Å². The van der Waals surface area contributed by atoms with Crippen molar-refractivity contribution in [3.63, 3.8) is 0 Å². The number of carboxylic acid groups (broad SMARTS) is 1. The molecule has 0 unspecified atom stereocenters. The summed E-state index contributed by atoms with van der Waals surface area (Å²) in [7, 11) is 1.31. The largest absolute Gasteiger partial charge is 0.490 e. The van der Waals surface area contributed by atoms with E-state index in [1.807, 2.05) is 0 Å². The van der Waals surface area contributed by atoms with Gasteiger partial charge >= 0.3 is 11.7 Å². The van der Waals surface area contributed by atoms with Gasteiger partial charge in [0.1, 0.15) is 0 Å². The molecule has 17 heavy (non-hydrogen) atoms. The third-order valence-corrected chi connectivity index (χ3v) is 2.61. The Hall–Kier alpha value is -2.11. The number of rotatable bonds is 4. The number of para-hydroxylation sites is 1. The van der Waals surface area contributed by atoms with Gasteiger partial charge in [-0.1, -0.05) is 12.1 Å². The fraction of sp³-hybridized carbons (Fsp3) is 0.364. The van der Waals surface area contributed by atoms with E-state index in [-0.39, 0.29) is 17.0 Å². The second-order valence-corrected chi connectivity index (χ2v) is 4.04. The highest BCUT2D eigenvalue weighted by Crippen LogP contribution is 2.38. The third kappa shape index (κ3) is 2.20. The van der Waals surface area contributed by atoms with Crippen molar-refractivity contribution in [3.8, 4) is 5.75 Å². The average Bonchev–Trinajstić information content (AvgIpc) is 2.27. The van der Waals surface area contributed by atoms with Gasteiger partial charge in [-0.3, -0.25) is 14.9 Å². The summed E-state index contributed by atoms with van der Waals surface area (Å²) in [6, 6.07) is 4.39. The van der Waals surface area contributed by atoms with Crippen LogP contribution in [-0.4, -0.2) is 23.1 Å². The number of aliphatic carboxylic acids is 1. The minimum absolute atomic E-state index is 0.0572. The van der Waals surface area contributed by atoms with E-state index in [9.17, 15) is 14.9 Å². The first-order chi connectivity index (χ1) is 7.82. The standard InChI is InChI=1S/C11H13NO5/c1-11(2,10(13)14)7-5-4-6-8(17-3)9(7)12(15)16/h4-6H,1-3H3,(H,13,14). The highest BCUT2D eigenvalue weighted by Gasteiger charge is 2.37. The van der Waals surface area contributed by atoms with E-state index < -0.39 is 16.3 Å². The van der Waals surface area contributed by atoms with Crippen molar-refractivity contribution in [2.24, 2.45) is 0 Å². The average molecular weight is 239 g/mol. The maximum Gasteiger partial charge on any atom is 0.315 e. The van der Waals surface area contributed by atoms with Crippen LogP contribution < -0.4 is 4.74 Å². The molecule has 0 saturated heterocycles. The number of nitrogens with zero attached hydrogens (tertiary/aromatic N) is 1. The highest BCUT2D eigenvalue weighted by molar-refractivity contribution is 5.82. The van der Waals surface area contributed by atoms with Crippen LogP contribution in [0.25, 0.3) is 0 Å². The normalized spacial score (nSPS) is 11.0.